The normalized spacial score (nSPS) is 18.7. The molecule has 2 aromatic carbocycles. The molecule has 32 heavy (non-hydrogen) atoms. The van der Waals surface area contributed by atoms with E-state index >= 15 is 0 Å². The lowest BCUT2D eigenvalue weighted by molar-refractivity contribution is -0.124. The van der Waals surface area contributed by atoms with Crippen molar-refractivity contribution in [3.8, 4) is 0 Å². The van der Waals surface area contributed by atoms with Gasteiger partial charge in [-0.05, 0) is 73.9 Å². The van der Waals surface area contributed by atoms with Crippen molar-refractivity contribution in [2.45, 2.75) is 40.0 Å². The summed E-state index contributed by atoms with van der Waals surface area (Å²) in [5, 5.41) is 2.91. The molecule has 172 valence electrons. The van der Waals surface area contributed by atoms with E-state index in [4.69, 9.17) is 4.74 Å². The summed E-state index contributed by atoms with van der Waals surface area (Å²) in [5.74, 6) is -0.213. The number of methoxy groups -OCH3 is 1. The molecule has 0 radical (unpaired) electrons. The van der Waals surface area contributed by atoms with Gasteiger partial charge in [-0.2, -0.15) is 0 Å². The van der Waals surface area contributed by atoms with Crippen molar-refractivity contribution in [2.75, 3.05) is 31.7 Å². The van der Waals surface area contributed by atoms with Crippen LogP contribution in [0.4, 0.5) is 10.1 Å². The van der Waals surface area contributed by atoms with Gasteiger partial charge in [0.25, 0.3) is 5.91 Å². The Morgan fingerprint density at radius 1 is 1.22 bits per heavy atom. The highest BCUT2D eigenvalue weighted by molar-refractivity contribution is 5.99. The molecule has 1 aliphatic rings. The lowest BCUT2D eigenvalue weighted by Crippen LogP contribution is -2.46. The molecule has 0 saturated carbocycles. The number of ether oxygens (including phenoxy) is 1. The number of halogens is 1. The number of rotatable bonds is 8. The van der Waals surface area contributed by atoms with Gasteiger partial charge in [0.1, 0.15) is 5.82 Å². The number of anilines is 1. The van der Waals surface area contributed by atoms with Crippen molar-refractivity contribution >= 4 is 17.5 Å². The Kier molecular flexibility index (Phi) is 8.02. The predicted molar refractivity (Wildman–Crippen MR) is 124 cm³/mol. The first-order valence-corrected chi connectivity index (χ1v) is 11.2. The second kappa shape index (κ2) is 10.7. The van der Waals surface area contributed by atoms with Gasteiger partial charge in [0.15, 0.2) is 0 Å². The number of carbonyl (C=O) groups is 2. The zero-order valence-electron chi connectivity index (χ0n) is 19.4. The summed E-state index contributed by atoms with van der Waals surface area (Å²) < 4.78 is 19.2. The molecule has 2 atom stereocenters. The molecule has 1 heterocycles. The van der Waals surface area contributed by atoms with Crippen LogP contribution in [0.25, 0.3) is 0 Å². The van der Waals surface area contributed by atoms with Gasteiger partial charge >= 0.3 is 0 Å². The van der Waals surface area contributed by atoms with Crippen LogP contribution < -0.4 is 10.2 Å². The minimum atomic E-state index is -0.197. The van der Waals surface area contributed by atoms with E-state index in [2.05, 4.69) is 5.32 Å². The molecule has 3 rings (SSSR count). The number of carbonyl (C=O) groups excluding carboxylic acids is 2. The van der Waals surface area contributed by atoms with Gasteiger partial charge in [-0.15, -0.1) is 0 Å². The molecular weight excluding hydrogens is 407 g/mol. The molecule has 0 bridgehead atoms. The maximum atomic E-state index is 14.2. The fourth-order valence-electron chi connectivity index (χ4n) is 4.65. The van der Waals surface area contributed by atoms with E-state index in [9.17, 15) is 14.0 Å². The van der Waals surface area contributed by atoms with Gasteiger partial charge in [0.05, 0.1) is 0 Å². The number of nitrogens with zero attached hydrogens (tertiary/aromatic N) is 1. The van der Waals surface area contributed by atoms with E-state index in [1.165, 1.54) is 6.07 Å². The number of amides is 2. The molecule has 0 unspecified atom stereocenters. The number of nitrogens with one attached hydrogen (secondary N) is 1. The summed E-state index contributed by atoms with van der Waals surface area (Å²) in [6.45, 7) is 7.49. The Morgan fingerprint density at radius 2 is 1.91 bits per heavy atom. The van der Waals surface area contributed by atoms with E-state index in [0.717, 1.165) is 29.7 Å². The van der Waals surface area contributed by atoms with Gasteiger partial charge in [0.2, 0.25) is 5.91 Å². The zero-order chi connectivity index (χ0) is 23.3. The third kappa shape index (κ3) is 5.54. The SMILES string of the molecule is COCCCNC(=O)c1cc(C)c(N2C[C@@H](Cc3ccccc3F)C[C@@H](C)C2=O)c(C)c1. The molecule has 6 heteroatoms. The average Bonchev–Trinajstić information content (AvgIpc) is 2.75. The highest BCUT2D eigenvalue weighted by Gasteiger charge is 2.34. The molecule has 0 spiro atoms. The summed E-state index contributed by atoms with van der Waals surface area (Å²) >= 11 is 0. The first-order chi connectivity index (χ1) is 15.3. The van der Waals surface area contributed by atoms with Gasteiger partial charge in [-0.3, -0.25) is 9.59 Å². The minimum absolute atomic E-state index is 0.0813. The van der Waals surface area contributed by atoms with Crippen LogP contribution in [0.3, 0.4) is 0 Å². The summed E-state index contributed by atoms with van der Waals surface area (Å²) in [5.41, 5.74) is 3.91. The Balaban J connectivity index is 1.79. The van der Waals surface area contributed by atoms with Crippen LogP contribution in [0.1, 0.15) is 46.8 Å². The second-order valence-corrected chi connectivity index (χ2v) is 8.81. The van der Waals surface area contributed by atoms with Crippen LogP contribution in [0, 0.1) is 31.5 Å². The van der Waals surface area contributed by atoms with Gasteiger partial charge in [-0.25, -0.2) is 4.39 Å². The number of aryl methyl sites for hydroxylation is 2. The first-order valence-electron chi connectivity index (χ1n) is 11.2. The lowest BCUT2D eigenvalue weighted by atomic mass is 9.84. The molecule has 1 fully saturated rings. The smallest absolute Gasteiger partial charge is 0.251 e. The maximum absolute atomic E-state index is 14.2. The molecule has 2 aromatic rings. The standard InChI is InChI=1S/C26H33FN2O3/c1-17-13-22(25(30)28-10-7-11-32-4)14-18(2)24(17)29-16-20(12-19(3)26(29)31)15-21-8-5-6-9-23(21)27/h5-6,8-9,13-14,19-20H,7,10-12,15-16H2,1-4H3,(H,28,30)/t19-,20-/m1/s1. The van der Waals surface area contributed by atoms with E-state index in [1.807, 2.05) is 49.9 Å². The zero-order valence-corrected chi connectivity index (χ0v) is 19.4. The van der Waals surface area contributed by atoms with Crippen LogP contribution in [-0.4, -0.2) is 38.6 Å². The van der Waals surface area contributed by atoms with Gasteiger partial charge < -0.3 is 15.0 Å². The van der Waals surface area contributed by atoms with Gasteiger partial charge in [0, 0.05) is 44.0 Å². The number of benzene rings is 2. The second-order valence-electron chi connectivity index (χ2n) is 8.81. The number of hydrogen-bond acceptors (Lipinski definition) is 3. The van der Waals surface area contributed by atoms with Crippen LogP contribution in [0.2, 0.25) is 0 Å². The van der Waals surface area contributed by atoms with Crippen LogP contribution >= 0.6 is 0 Å². The Morgan fingerprint density at radius 3 is 2.56 bits per heavy atom. The molecule has 0 aromatic heterocycles. The quantitative estimate of drug-likeness (QED) is 0.618. The van der Waals surface area contributed by atoms with Crippen molar-refractivity contribution in [1.82, 2.24) is 5.32 Å². The van der Waals surface area contributed by atoms with Crippen molar-refractivity contribution in [3.05, 3.63) is 64.5 Å². The van der Waals surface area contributed by atoms with E-state index < -0.39 is 0 Å². The Hall–Kier alpha value is -2.73. The fraction of sp³-hybridized carbons (Fsp3) is 0.462. The third-order valence-electron chi connectivity index (χ3n) is 6.12. The monoisotopic (exact) mass is 440 g/mol. The summed E-state index contributed by atoms with van der Waals surface area (Å²) in [6, 6.07) is 10.5. The van der Waals surface area contributed by atoms with E-state index in [-0.39, 0.29) is 29.5 Å². The third-order valence-corrected chi connectivity index (χ3v) is 6.12. The van der Waals surface area contributed by atoms with Crippen LogP contribution in [-0.2, 0) is 16.0 Å². The first kappa shape index (κ1) is 23.9. The van der Waals surface area contributed by atoms with E-state index in [0.29, 0.717) is 37.2 Å². The number of piperidine rings is 1. The molecule has 1 aliphatic heterocycles. The van der Waals surface area contributed by atoms with Crippen LogP contribution in [0.15, 0.2) is 36.4 Å². The number of hydrogen-bond donors (Lipinski definition) is 1. The Labute approximate surface area is 190 Å². The highest BCUT2D eigenvalue weighted by atomic mass is 19.1. The lowest BCUT2D eigenvalue weighted by Gasteiger charge is -2.38. The fourth-order valence-corrected chi connectivity index (χ4v) is 4.65. The maximum Gasteiger partial charge on any atom is 0.251 e. The van der Waals surface area contributed by atoms with Crippen molar-refractivity contribution in [3.63, 3.8) is 0 Å². The van der Waals surface area contributed by atoms with Crippen molar-refractivity contribution in [2.24, 2.45) is 11.8 Å². The predicted octanol–water partition coefficient (Wildman–Crippen LogP) is 4.44. The largest absolute Gasteiger partial charge is 0.385 e. The van der Waals surface area contributed by atoms with E-state index in [1.54, 1.807) is 13.2 Å². The summed E-state index contributed by atoms with van der Waals surface area (Å²) in [7, 11) is 1.64. The Bertz CT molecular complexity index is 952. The molecule has 1 N–H and O–H groups in total. The molecule has 5 nitrogen and oxygen atoms in total. The molecular formula is C26H33FN2O3. The van der Waals surface area contributed by atoms with Crippen molar-refractivity contribution in [1.29, 1.82) is 0 Å². The van der Waals surface area contributed by atoms with Crippen molar-refractivity contribution < 1.29 is 18.7 Å². The van der Waals surface area contributed by atoms with Gasteiger partial charge in [-0.1, -0.05) is 25.1 Å². The summed E-state index contributed by atoms with van der Waals surface area (Å²) in [6.07, 6.45) is 2.09. The minimum Gasteiger partial charge on any atom is -0.385 e. The molecule has 2 amide bonds. The average molecular weight is 441 g/mol. The molecule has 0 aliphatic carbocycles. The highest BCUT2D eigenvalue weighted by Crippen LogP contribution is 2.34. The summed E-state index contributed by atoms with van der Waals surface area (Å²) in [4.78, 5) is 27.5. The topological polar surface area (TPSA) is 58.6 Å². The molecule has 1 saturated heterocycles. The van der Waals surface area contributed by atoms with Crippen LogP contribution in [0.5, 0.6) is 0 Å².